The van der Waals surface area contributed by atoms with Gasteiger partial charge in [-0.2, -0.15) is 0 Å². The minimum absolute atomic E-state index is 0.104. The normalized spacial score (nSPS) is 12.5. The van der Waals surface area contributed by atoms with E-state index in [4.69, 9.17) is 16.3 Å². The highest BCUT2D eigenvalue weighted by Gasteiger charge is 2.28. The van der Waals surface area contributed by atoms with Crippen molar-refractivity contribution in [1.82, 2.24) is 5.32 Å². The van der Waals surface area contributed by atoms with Crippen LogP contribution < -0.4 is 9.62 Å². The molecule has 8 heteroatoms. The maximum absolute atomic E-state index is 13.3. The molecule has 0 saturated carbocycles. The van der Waals surface area contributed by atoms with Crippen LogP contribution in [0.3, 0.4) is 0 Å². The number of amides is 1. The first-order chi connectivity index (χ1) is 13.1. The first-order valence-electron chi connectivity index (χ1n) is 8.79. The van der Waals surface area contributed by atoms with Gasteiger partial charge >= 0.3 is 0 Å². The van der Waals surface area contributed by atoms with E-state index in [1.54, 1.807) is 37.3 Å². The van der Waals surface area contributed by atoms with E-state index in [0.717, 1.165) is 15.4 Å². The van der Waals surface area contributed by atoms with Gasteiger partial charge in [0.1, 0.15) is 6.54 Å². The summed E-state index contributed by atoms with van der Waals surface area (Å²) in [5.41, 5.74) is 2.08. The van der Waals surface area contributed by atoms with Crippen LogP contribution in [-0.4, -0.2) is 40.6 Å². The van der Waals surface area contributed by atoms with Gasteiger partial charge in [-0.15, -0.1) is 0 Å². The summed E-state index contributed by atoms with van der Waals surface area (Å²) in [7, 11) is -2.43. The minimum atomic E-state index is -3.96. The molecule has 28 heavy (non-hydrogen) atoms. The van der Waals surface area contributed by atoms with Crippen molar-refractivity contribution in [2.24, 2.45) is 0 Å². The van der Waals surface area contributed by atoms with E-state index in [0.29, 0.717) is 17.3 Å². The molecule has 0 saturated heterocycles. The molecule has 0 aliphatic heterocycles. The van der Waals surface area contributed by atoms with Gasteiger partial charge in [0.25, 0.3) is 10.0 Å². The molecule has 0 unspecified atom stereocenters. The van der Waals surface area contributed by atoms with Crippen LogP contribution >= 0.6 is 11.6 Å². The van der Waals surface area contributed by atoms with E-state index >= 15 is 0 Å². The zero-order valence-electron chi connectivity index (χ0n) is 16.4. The highest BCUT2D eigenvalue weighted by Crippen LogP contribution is 2.28. The molecule has 2 rings (SSSR count). The number of anilines is 1. The van der Waals surface area contributed by atoms with Gasteiger partial charge in [-0.05, 0) is 50.6 Å². The van der Waals surface area contributed by atoms with Crippen molar-refractivity contribution in [2.75, 3.05) is 24.6 Å². The number of nitrogens with one attached hydrogen (secondary N) is 1. The van der Waals surface area contributed by atoms with Gasteiger partial charge in [-0.3, -0.25) is 9.10 Å². The summed E-state index contributed by atoms with van der Waals surface area (Å²) in [6, 6.07) is 11.1. The lowest BCUT2D eigenvalue weighted by molar-refractivity contribution is -0.120. The third-order valence-electron chi connectivity index (χ3n) is 4.16. The second-order valence-electron chi connectivity index (χ2n) is 6.68. The maximum Gasteiger partial charge on any atom is 0.264 e. The first kappa shape index (κ1) is 22.2. The molecule has 0 bridgehead atoms. The van der Waals surface area contributed by atoms with Crippen LogP contribution in [0.25, 0.3) is 0 Å². The summed E-state index contributed by atoms with van der Waals surface area (Å²) in [6.07, 6.45) is 0. The third-order valence-corrected chi connectivity index (χ3v) is 6.36. The van der Waals surface area contributed by atoms with Crippen molar-refractivity contribution < 1.29 is 17.9 Å². The average Bonchev–Trinajstić information content (AvgIpc) is 2.62. The average molecular weight is 425 g/mol. The van der Waals surface area contributed by atoms with Crippen LogP contribution in [0, 0.1) is 13.8 Å². The molecule has 2 aromatic carbocycles. The lowest BCUT2D eigenvalue weighted by Gasteiger charge is -2.25. The van der Waals surface area contributed by atoms with E-state index < -0.39 is 15.9 Å². The van der Waals surface area contributed by atoms with Gasteiger partial charge in [-0.25, -0.2) is 8.42 Å². The Morgan fingerprint density at radius 3 is 2.39 bits per heavy atom. The number of carbonyl (C=O) groups excluding carboxylic acids is 1. The Morgan fingerprint density at radius 1 is 1.18 bits per heavy atom. The zero-order chi connectivity index (χ0) is 20.9. The predicted molar refractivity (Wildman–Crippen MR) is 111 cm³/mol. The fourth-order valence-electron chi connectivity index (χ4n) is 2.63. The van der Waals surface area contributed by atoms with E-state index in [2.05, 4.69) is 5.32 Å². The van der Waals surface area contributed by atoms with E-state index in [1.807, 2.05) is 13.8 Å². The number of hydrogen-bond acceptors (Lipinski definition) is 4. The number of nitrogens with zero attached hydrogens (tertiary/aromatic N) is 1. The van der Waals surface area contributed by atoms with Crippen molar-refractivity contribution in [3.8, 4) is 0 Å². The van der Waals surface area contributed by atoms with Crippen molar-refractivity contribution in [2.45, 2.75) is 31.7 Å². The Hall–Kier alpha value is -2.09. The fraction of sp³-hybridized carbons (Fsp3) is 0.350. The van der Waals surface area contributed by atoms with Crippen molar-refractivity contribution >= 4 is 33.2 Å². The Kier molecular flexibility index (Phi) is 7.46. The summed E-state index contributed by atoms with van der Waals surface area (Å²) in [5, 5.41) is 3.16. The number of hydrogen-bond donors (Lipinski definition) is 1. The second kappa shape index (κ2) is 9.41. The van der Waals surface area contributed by atoms with Gasteiger partial charge in [0.05, 0.1) is 17.2 Å². The second-order valence-corrected chi connectivity index (χ2v) is 8.95. The standard InChI is InChI=1S/C20H25ClN2O4S/c1-14-5-9-18(10-6-14)28(25,26)23(12-20(24)22-16(3)13-27-4)17-8-7-15(2)19(21)11-17/h5-11,16H,12-13H2,1-4H3,(H,22,24)/t16-/m1/s1. The first-order valence-corrected chi connectivity index (χ1v) is 10.6. The van der Waals surface area contributed by atoms with Crippen molar-refractivity contribution in [3.63, 3.8) is 0 Å². The number of methoxy groups -OCH3 is 1. The smallest absolute Gasteiger partial charge is 0.264 e. The Morgan fingerprint density at radius 2 is 1.82 bits per heavy atom. The molecule has 6 nitrogen and oxygen atoms in total. The third kappa shape index (κ3) is 5.47. The molecular formula is C20H25ClN2O4S. The Balaban J connectivity index is 2.42. The largest absolute Gasteiger partial charge is 0.383 e. The minimum Gasteiger partial charge on any atom is -0.383 e. The van der Waals surface area contributed by atoms with E-state index in [1.165, 1.54) is 19.2 Å². The maximum atomic E-state index is 13.3. The van der Waals surface area contributed by atoms with Crippen LogP contribution in [0.5, 0.6) is 0 Å². The molecule has 0 radical (unpaired) electrons. The predicted octanol–water partition coefficient (Wildman–Crippen LogP) is 3.30. The molecule has 1 atom stereocenters. The number of rotatable bonds is 8. The number of ether oxygens (including phenoxy) is 1. The van der Waals surface area contributed by atoms with Crippen molar-refractivity contribution in [3.05, 3.63) is 58.6 Å². The Labute approximate surface area is 171 Å². The number of benzene rings is 2. The van der Waals surface area contributed by atoms with Crippen LogP contribution in [0.2, 0.25) is 5.02 Å². The quantitative estimate of drug-likeness (QED) is 0.705. The lowest BCUT2D eigenvalue weighted by atomic mass is 10.2. The molecule has 1 N–H and O–H groups in total. The summed E-state index contributed by atoms with van der Waals surface area (Å²) in [5.74, 6) is -0.433. The monoisotopic (exact) mass is 424 g/mol. The summed E-state index contributed by atoms with van der Waals surface area (Å²) >= 11 is 6.20. The molecule has 2 aromatic rings. The number of carbonyl (C=O) groups is 1. The Bertz CT molecular complexity index is 930. The topological polar surface area (TPSA) is 75.7 Å². The molecule has 0 aliphatic carbocycles. The van der Waals surface area contributed by atoms with Crippen LogP contribution in [0.15, 0.2) is 47.4 Å². The van der Waals surface area contributed by atoms with Gasteiger partial charge in [0, 0.05) is 18.2 Å². The molecule has 152 valence electrons. The zero-order valence-corrected chi connectivity index (χ0v) is 18.0. The summed E-state index contributed by atoms with van der Waals surface area (Å²) in [4.78, 5) is 12.6. The molecule has 0 fully saturated rings. The highest BCUT2D eigenvalue weighted by atomic mass is 35.5. The van der Waals surface area contributed by atoms with Crippen molar-refractivity contribution in [1.29, 1.82) is 0 Å². The van der Waals surface area contributed by atoms with Gasteiger partial charge < -0.3 is 10.1 Å². The lowest BCUT2D eigenvalue weighted by Crippen LogP contribution is -2.44. The number of aryl methyl sites for hydroxylation is 2. The SMILES string of the molecule is COC[C@@H](C)NC(=O)CN(c1ccc(C)c(Cl)c1)S(=O)(=O)c1ccc(C)cc1. The van der Waals surface area contributed by atoms with Gasteiger partial charge in [0.2, 0.25) is 5.91 Å². The van der Waals surface area contributed by atoms with Crippen LogP contribution in [0.4, 0.5) is 5.69 Å². The molecule has 0 aliphatic rings. The van der Waals surface area contributed by atoms with Crippen LogP contribution in [-0.2, 0) is 19.6 Å². The molecular weight excluding hydrogens is 400 g/mol. The van der Waals surface area contributed by atoms with E-state index in [9.17, 15) is 13.2 Å². The number of halogens is 1. The molecule has 0 heterocycles. The van der Waals surface area contributed by atoms with Gasteiger partial charge in [0.15, 0.2) is 0 Å². The fourth-order valence-corrected chi connectivity index (χ4v) is 4.22. The van der Waals surface area contributed by atoms with Gasteiger partial charge in [-0.1, -0.05) is 35.4 Å². The number of sulfonamides is 1. The molecule has 1 amide bonds. The summed E-state index contributed by atoms with van der Waals surface area (Å²) < 4.78 is 32.6. The molecule has 0 spiro atoms. The van der Waals surface area contributed by atoms with E-state index in [-0.39, 0.29) is 17.5 Å². The molecule has 0 aromatic heterocycles. The highest BCUT2D eigenvalue weighted by molar-refractivity contribution is 7.92. The van der Waals surface area contributed by atoms with Crippen LogP contribution in [0.1, 0.15) is 18.1 Å². The summed E-state index contributed by atoms with van der Waals surface area (Å²) in [6.45, 7) is 5.43.